The van der Waals surface area contributed by atoms with Gasteiger partial charge in [0.25, 0.3) is 0 Å². The van der Waals surface area contributed by atoms with Gasteiger partial charge in [0.15, 0.2) is 0 Å². The van der Waals surface area contributed by atoms with E-state index in [-0.39, 0.29) is 18.1 Å². The number of ether oxygens (including phenoxy) is 1. The summed E-state index contributed by atoms with van der Waals surface area (Å²) in [7, 11) is 0. The second-order valence-electron chi connectivity index (χ2n) is 5.74. The zero-order valence-electron chi connectivity index (χ0n) is 13.2. The van der Waals surface area contributed by atoms with Gasteiger partial charge in [0.2, 0.25) is 17.7 Å². The number of carbonyl (C=O) groups excluding carboxylic acids is 1. The molecule has 0 bridgehead atoms. The Morgan fingerprint density at radius 1 is 1.29 bits per heavy atom. The van der Waals surface area contributed by atoms with Crippen LogP contribution in [0.5, 0.6) is 5.88 Å². The number of aryl methyl sites for hydroxylation is 1. The van der Waals surface area contributed by atoms with Crippen molar-refractivity contribution in [1.82, 2.24) is 14.9 Å². The summed E-state index contributed by atoms with van der Waals surface area (Å²) < 4.78 is 5.59. The fourth-order valence-corrected chi connectivity index (χ4v) is 2.37. The minimum atomic E-state index is -0.336. The predicted octanol–water partition coefficient (Wildman–Crippen LogP) is 2.00. The number of likely N-dealkylation sites (tertiary alicyclic amines) is 1. The van der Waals surface area contributed by atoms with Crippen LogP contribution >= 0.6 is 0 Å². The lowest BCUT2D eigenvalue weighted by Crippen LogP contribution is -2.40. The van der Waals surface area contributed by atoms with E-state index in [1.807, 2.05) is 32.6 Å². The molecule has 2 heterocycles. The van der Waals surface area contributed by atoms with Crippen LogP contribution in [0.1, 0.15) is 39.3 Å². The van der Waals surface area contributed by atoms with Crippen molar-refractivity contribution in [3.8, 4) is 5.88 Å². The van der Waals surface area contributed by atoms with Crippen LogP contribution in [0.15, 0.2) is 6.07 Å². The summed E-state index contributed by atoms with van der Waals surface area (Å²) >= 11 is 0. The molecule has 1 fully saturated rings. The predicted molar refractivity (Wildman–Crippen MR) is 81.4 cm³/mol. The third-order valence-electron chi connectivity index (χ3n) is 3.32. The van der Waals surface area contributed by atoms with Gasteiger partial charge in [0, 0.05) is 24.8 Å². The van der Waals surface area contributed by atoms with Crippen LogP contribution in [0.2, 0.25) is 0 Å². The van der Waals surface area contributed by atoms with Crippen molar-refractivity contribution >= 4 is 11.9 Å². The van der Waals surface area contributed by atoms with Gasteiger partial charge in [-0.2, -0.15) is 4.98 Å². The molecule has 116 valence electrons. The monoisotopic (exact) mass is 292 g/mol. The highest BCUT2D eigenvalue weighted by Gasteiger charge is 2.23. The molecule has 6 heteroatoms. The molecule has 0 saturated carbocycles. The lowest BCUT2D eigenvalue weighted by molar-refractivity contribution is -0.130. The number of carbonyl (C=O) groups is 1. The Morgan fingerprint density at radius 2 is 1.95 bits per heavy atom. The standard InChI is InChI=1S/C15H24N4O2/c1-10(2)21-13-9-11(3)16-15(18-13)17-12(4)14(20)19-7-5-6-8-19/h9-10,12H,5-8H2,1-4H3,(H,16,17,18). The molecule has 1 aliphatic heterocycles. The Labute approximate surface area is 125 Å². The summed E-state index contributed by atoms with van der Waals surface area (Å²) in [5.74, 6) is 1.07. The maximum atomic E-state index is 12.3. The van der Waals surface area contributed by atoms with Crippen LogP contribution < -0.4 is 10.1 Å². The summed E-state index contributed by atoms with van der Waals surface area (Å²) in [4.78, 5) is 22.8. The number of nitrogens with zero attached hydrogens (tertiary/aromatic N) is 3. The molecule has 1 aliphatic rings. The Kier molecular flexibility index (Phi) is 4.98. The number of aromatic nitrogens is 2. The first-order chi connectivity index (χ1) is 9.95. The Bertz CT molecular complexity index is 498. The van der Waals surface area contributed by atoms with Crippen molar-refractivity contribution in [3.05, 3.63) is 11.8 Å². The quantitative estimate of drug-likeness (QED) is 0.899. The highest BCUT2D eigenvalue weighted by molar-refractivity contribution is 5.84. The smallest absolute Gasteiger partial charge is 0.244 e. The number of amides is 1. The molecular formula is C15H24N4O2. The van der Waals surface area contributed by atoms with Crippen LogP contribution in [0, 0.1) is 6.92 Å². The van der Waals surface area contributed by atoms with Crippen molar-refractivity contribution in [2.24, 2.45) is 0 Å². The second-order valence-corrected chi connectivity index (χ2v) is 5.74. The van der Waals surface area contributed by atoms with Crippen LogP contribution in [0.25, 0.3) is 0 Å². The Morgan fingerprint density at radius 3 is 2.57 bits per heavy atom. The summed E-state index contributed by atoms with van der Waals surface area (Å²) in [5, 5.41) is 3.08. The molecule has 1 unspecified atom stereocenters. The van der Waals surface area contributed by atoms with Gasteiger partial charge in [0.05, 0.1) is 6.10 Å². The Hall–Kier alpha value is -1.85. The first kappa shape index (κ1) is 15.5. The molecule has 6 nitrogen and oxygen atoms in total. The number of hydrogen-bond acceptors (Lipinski definition) is 5. The molecule has 0 aromatic carbocycles. The first-order valence-electron chi connectivity index (χ1n) is 7.53. The Balaban J connectivity index is 2.04. The van der Waals surface area contributed by atoms with Gasteiger partial charge in [-0.15, -0.1) is 0 Å². The molecule has 1 aromatic heterocycles. The molecular weight excluding hydrogens is 268 g/mol. The molecule has 1 atom stereocenters. The maximum absolute atomic E-state index is 12.3. The second kappa shape index (κ2) is 6.74. The zero-order chi connectivity index (χ0) is 15.4. The summed E-state index contributed by atoms with van der Waals surface area (Å²) in [5.41, 5.74) is 0.809. The van der Waals surface area contributed by atoms with Crippen molar-refractivity contribution < 1.29 is 9.53 Å². The summed E-state index contributed by atoms with van der Waals surface area (Å²) in [6.45, 7) is 9.32. The summed E-state index contributed by atoms with van der Waals surface area (Å²) in [6, 6.07) is 1.45. The normalized spacial score (nSPS) is 16.1. The van der Waals surface area contributed by atoms with E-state index in [0.717, 1.165) is 31.6 Å². The van der Waals surface area contributed by atoms with Gasteiger partial charge in [-0.3, -0.25) is 4.79 Å². The van der Waals surface area contributed by atoms with E-state index in [1.165, 1.54) is 0 Å². The fraction of sp³-hybridized carbons (Fsp3) is 0.667. The van der Waals surface area contributed by atoms with E-state index in [0.29, 0.717) is 11.8 Å². The SMILES string of the molecule is Cc1cc(OC(C)C)nc(NC(C)C(=O)N2CCCC2)n1. The van der Waals surface area contributed by atoms with E-state index in [4.69, 9.17) is 4.74 Å². The zero-order valence-corrected chi connectivity index (χ0v) is 13.2. The molecule has 1 amide bonds. The van der Waals surface area contributed by atoms with E-state index >= 15 is 0 Å². The van der Waals surface area contributed by atoms with E-state index in [2.05, 4.69) is 15.3 Å². The lowest BCUT2D eigenvalue weighted by atomic mass is 10.3. The third-order valence-corrected chi connectivity index (χ3v) is 3.32. The largest absolute Gasteiger partial charge is 0.475 e. The van der Waals surface area contributed by atoms with Crippen LogP contribution in [-0.2, 0) is 4.79 Å². The highest BCUT2D eigenvalue weighted by Crippen LogP contribution is 2.15. The number of rotatable bonds is 5. The van der Waals surface area contributed by atoms with E-state index < -0.39 is 0 Å². The van der Waals surface area contributed by atoms with Crippen LogP contribution in [0.4, 0.5) is 5.95 Å². The van der Waals surface area contributed by atoms with Gasteiger partial charge in [0.1, 0.15) is 6.04 Å². The molecule has 1 N–H and O–H groups in total. The van der Waals surface area contributed by atoms with Gasteiger partial charge in [-0.1, -0.05) is 0 Å². The van der Waals surface area contributed by atoms with Crippen molar-refractivity contribution in [2.45, 2.75) is 52.7 Å². The van der Waals surface area contributed by atoms with Crippen molar-refractivity contribution in [2.75, 3.05) is 18.4 Å². The minimum absolute atomic E-state index is 0.0517. The lowest BCUT2D eigenvalue weighted by Gasteiger charge is -2.21. The van der Waals surface area contributed by atoms with Gasteiger partial charge in [-0.25, -0.2) is 4.98 Å². The van der Waals surface area contributed by atoms with Gasteiger partial charge < -0.3 is 15.0 Å². The molecule has 1 saturated heterocycles. The van der Waals surface area contributed by atoms with Crippen LogP contribution in [-0.4, -0.2) is 46.0 Å². The van der Waals surface area contributed by atoms with Gasteiger partial charge >= 0.3 is 0 Å². The number of hydrogen-bond donors (Lipinski definition) is 1. The fourth-order valence-electron chi connectivity index (χ4n) is 2.37. The molecule has 2 rings (SSSR count). The average molecular weight is 292 g/mol. The van der Waals surface area contributed by atoms with Crippen LogP contribution in [0.3, 0.4) is 0 Å². The first-order valence-corrected chi connectivity index (χ1v) is 7.53. The number of anilines is 1. The topological polar surface area (TPSA) is 67.3 Å². The van der Waals surface area contributed by atoms with Crippen molar-refractivity contribution in [3.63, 3.8) is 0 Å². The molecule has 1 aromatic rings. The third kappa shape index (κ3) is 4.31. The minimum Gasteiger partial charge on any atom is -0.475 e. The van der Waals surface area contributed by atoms with Gasteiger partial charge in [-0.05, 0) is 40.5 Å². The average Bonchev–Trinajstić information content (AvgIpc) is 2.89. The molecule has 0 aliphatic carbocycles. The maximum Gasteiger partial charge on any atom is 0.244 e. The molecule has 0 radical (unpaired) electrons. The highest BCUT2D eigenvalue weighted by atomic mass is 16.5. The number of nitrogens with one attached hydrogen (secondary N) is 1. The van der Waals surface area contributed by atoms with E-state index in [1.54, 1.807) is 6.07 Å². The molecule has 21 heavy (non-hydrogen) atoms. The summed E-state index contributed by atoms with van der Waals surface area (Å²) in [6.07, 6.45) is 2.23. The molecule has 0 spiro atoms. The van der Waals surface area contributed by atoms with Crippen molar-refractivity contribution in [1.29, 1.82) is 0 Å². The van der Waals surface area contributed by atoms with E-state index in [9.17, 15) is 4.79 Å².